The lowest BCUT2D eigenvalue weighted by molar-refractivity contribution is -0.126. The van der Waals surface area contributed by atoms with Gasteiger partial charge in [-0.2, -0.15) is 0 Å². The molecular formula is C19H23N3O2S. The molecule has 1 atom stereocenters. The van der Waals surface area contributed by atoms with E-state index in [-0.39, 0.29) is 17.7 Å². The van der Waals surface area contributed by atoms with Crippen molar-refractivity contribution in [1.82, 2.24) is 15.2 Å². The van der Waals surface area contributed by atoms with Crippen LogP contribution < -0.4 is 5.32 Å². The maximum Gasteiger partial charge on any atom is 0.253 e. The van der Waals surface area contributed by atoms with Gasteiger partial charge in [-0.15, -0.1) is 11.3 Å². The van der Waals surface area contributed by atoms with Crippen LogP contribution in [-0.2, 0) is 11.3 Å². The minimum atomic E-state index is -0.149. The molecule has 0 saturated carbocycles. The topological polar surface area (TPSA) is 62.3 Å². The van der Waals surface area contributed by atoms with E-state index in [0.717, 1.165) is 29.1 Å². The van der Waals surface area contributed by atoms with E-state index < -0.39 is 0 Å². The summed E-state index contributed by atoms with van der Waals surface area (Å²) in [6, 6.07) is 7.59. The number of nitrogens with one attached hydrogen (secondary N) is 1. The van der Waals surface area contributed by atoms with Crippen LogP contribution in [0, 0.1) is 19.8 Å². The van der Waals surface area contributed by atoms with E-state index in [1.165, 1.54) is 0 Å². The quantitative estimate of drug-likeness (QED) is 0.915. The zero-order valence-electron chi connectivity index (χ0n) is 14.6. The van der Waals surface area contributed by atoms with Crippen LogP contribution in [0.1, 0.15) is 39.5 Å². The van der Waals surface area contributed by atoms with Crippen molar-refractivity contribution in [2.24, 2.45) is 5.92 Å². The summed E-state index contributed by atoms with van der Waals surface area (Å²) in [4.78, 5) is 31.3. The van der Waals surface area contributed by atoms with Gasteiger partial charge in [0.1, 0.15) is 5.01 Å². The predicted octanol–water partition coefficient (Wildman–Crippen LogP) is 2.93. The Morgan fingerprint density at radius 3 is 2.72 bits per heavy atom. The molecule has 1 fully saturated rings. The number of benzene rings is 1. The highest BCUT2D eigenvalue weighted by molar-refractivity contribution is 7.09. The van der Waals surface area contributed by atoms with Gasteiger partial charge in [0.15, 0.2) is 0 Å². The lowest BCUT2D eigenvalue weighted by atomic mass is 9.96. The molecule has 1 aromatic carbocycles. The van der Waals surface area contributed by atoms with Crippen molar-refractivity contribution in [2.45, 2.75) is 33.2 Å². The number of aryl methyl sites for hydroxylation is 2. The largest absolute Gasteiger partial charge is 0.349 e. The van der Waals surface area contributed by atoms with Gasteiger partial charge < -0.3 is 10.2 Å². The highest BCUT2D eigenvalue weighted by Gasteiger charge is 2.28. The van der Waals surface area contributed by atoms with E-state index in [9.17, 15) is 9.59 Å². The van der Waals surface area contributed by atoms with Crippen LogP contribution in [0.15, 0.2) is 29.6 Å². The molecular weight excluding hydrogens is 334 g/mol. The van der Waals surface area contributed by atoms with Gasteiger partial charge in [0.05, 0.1) is 12.5 Å². The number of piperidine rings is 1. The average molecular weight is 357 g/mol. The molecule has 1 saturated heterocycles. The number of carbonyl (C=O) groups excluding carboxylic acids is 2. The lowest BCUT2D eigenvalue weighted by Crippen LogP contribution is -2.45. The Morgan fingerprint density at radius 2 is 2.04 bits per heavy atom. The summed E-state index contributed by atoms with van der Waals surface area (Å²) in [5.41, 5.74) is 2.79. The first-order valence-electron chi connectivity index (χ1n) is 8.57. The minimum absolute atomic E-state index is 0.00745. The van der Waals surface area contributed by atoms with Crippen molar-refractivity contribution in [3.05, 3.63) is 51.5 Å². The molecule has 25 heavy (non-hydrogen) atoms. The number of amides is 2. The molecule has 2 amide bonds. The van der Waals surface area contributed by atoms with Gasteiger partial charge in [-0.1, -0.05) is 17.7 Å². The normalized spacial score (nSPS) is 17.4. The Bertz CT molecular complexity index is 754. The molecule has 0 aliphatic carbocycles. The van der Waals surface area contributed by atoms with E-state index in [2.05, 4.69) is 10.3 Å². The first kappa shape index (κ1) is 17.6. The second-order valence-corrected chi connectivity index (χ2v) is 7.50. The third-order valence-corrected chi connectivity index (χ3v) is 5.42. The summed E-state index contributed by atoms with van der Waals surface area (Å²) in [7, 11) is 0. The predicted molar refractivity (Wildman–Crippen MR) is 98.5 cm³/mol. The van der Waals surface area contributed by atoms with E-state index in [0.29, 0.717) is 25.2 Å². The van der Waals surface area contributed by atoms with Crippen molar-refractivity contribution >= 4 is 23.2 Å². The van der Waals surface area contributed by atoms with E-state index in [1.807, 2.05) is 43.5 Å². The van der Waals surface area contributed by atoms with Crippen LogP contribution in [-0.4, -0.2) is 34.8 Å². The van der Waals surface area contributed by atoms with Gasteiger partial charge in [-0.25, -0.2) is 4.98 Å². The Hall–Kier alpha value is -2.21. The number of rotatable bonds is 4. The average Bonchev–Trinajstić information content (AvgIpc) is 3.05. The molecule has 2 aromatic rings. The molecule has 0 spiro atoms. The van der Waals surface area contributed by atoms with Gasteiger partial charge >= 0.3 is 0 Å². The Balaban J connectivity index is 1.57. The molecule has 5 nitrogen and oxygen atoms in total. The molecule has 6 heteroatoms. The van der Waals surface area contributed by atoms with Crippen molar-refractivity contribution < 1.29 is 9.59 Å². The third kappa shape index (κ3) is 4.45. The van der Waals surface area contributed by atoms with E-state index in [1.54, 1.807) is 16.2 Å². The number of aromatic nitrogens is 1. The summed E-state index contributed by atoms with van der Waals surface area (Å²) in [6.45, 7) is 5.59. The van der Waals surface area contributed by atoms with Crippen LogP contribution in [0.5, 0.6) is 0 Å². The summed E-state index contributed by atoms with van der Waals surface area (Å²) in [5.74, 6) is -0.133. The van der Waals surface area contributed by atoms with Crippen molar-refractivity contribution in [3.63, 3.8) is 0 Å². The molecule has 1 aliphatic heterocycles. The second-order valence-electron chi connectivity index (χ2n) is 6.56. The van der Waals surface area contributed by atoms with Gasteiger partial charge in [0.25, 0.3) is 5.91 Å². The molecule has 1 aromatic heterocycles. The maximum absolute atomic E-state index is 12.6. The van der Waals surface area contributed by atoms with Crippen LogP contribution in [0.4, 0.5) is 0 Å². The van der Waals surface area contributed by atoms with Gasteiger partial charge in [-0.3, -0.25) is 9.59 Å². The van der Waals surface area contributed by atoms with E-state index in [4.69, 9.17) is 0 Å². The first-order valence-corrected chi connectivity index (χ1v) is 9.45. The zero-order valence-corrected chi connectivity index (χ0v) is 15.4. The maximum atomic E-state index is 12.6. The number of hydrogen-bond acceptors (Lipinski definition) is 4. The zero-order chi connectivity index (χ0) is 17.8. The summed E-state index contributed by atoms with van der Waals surface area (Å²) >= 11 is 1.55. The van der Waals surface area contributed by atoms with Gasteiger partial charge in [0.2, 0.25) is 5.91 Å². The van der Waals surface area contributed by atoms with Crippen molar-refractivity contribution in [3.8, 4) is 0 Å². The Kier molecular flexibility index (Phi) is 5.48. The summed E-state index contributed by atoms with van der Waals surface area (Å²) in [5, 5.41) is 5.85. The van der Waals surface area contributed by atoms with E-state index >= 15 is 0 Å². The standard InChI is InChI=1S/C19H23N3O2S/c1-13-5-7-15(8-6-13)19(24)22-9-3-4-16(11-22)18(23)20-10-17-21-14(2)12-25-17/h5-8,12,16H,3-4,9-11H2,1-2H3,(H,20,23). The Morgan fingerprint density at radius 1 is 1.28 bits per heavy atom. The minimum Gasteiger partial charge on any atom is -0.349 e. The fourth-order valence-electron chi connectivity index (χ4n) is 3.05. The van der Waals surface area contributed by atoms with Crippen molar-refractivity contribution in [2.75, 3.05) is 13.1 Å². The van der Waals surface area contributed by atoms with Crippen LogP contribution >= 0.6 is 11.3 Å². The Labute approximate surface area is 152 Å². The van der Waals surface area contributed by atoms with Crippen LogP contribution in [0.2, 0.25) is 0 Å². The summed E-state index contributed by atoms with van der Waals surface area (Å²) < 4.78 is 0. The van der Waals surface area contributed by atoms with Crippen molar-refractivity contribution in [1.29, 1.82) is 0 Å². The highest BCUT2D eigenvalue weighted by Crippen LogP contribution is 2.19. The fraction of sp³-hybridized carbons (Fsp3) is 0.421. The molecule has 1 N–H and O–H groups in total. The third-order valence-electron chi connectivity index (χ3n) is 4.46. The molecule has 0 bridgehead atoms. The molecule has 1 unspecified atom stereocenters. The smallest absolute Gasteiger partial charge is 0.253 e. The van der Waals surface area contributed by atoms with Crippen LogP contribution in [0.25, 0.3) is 0 Å². The number of nitrogens with zero attached hydrogens (tertiary/aromatic N) is 2. The lowest BCUT2D eigenvalue weighted by Gasteiger charge is -2.32. The number of likely N-dealkylation sites (tertiary alicyclic amines) is 1. The van der Waals surface area contributed by atoms with Gasteiger partial charge in [0, 0.05) is 29.7 Å². The SMILES string of the molecule is Cc1ccc(C(=O)N2CCCC(C(=O)NCc3nc(C)cs3)C2)cc1. The van der Waals surface area contributed by atoms with Crippen LogP contribution in [0.3, 0.4) is 0 Å². The van der Waals surface area contributed by atoms with Gasteiger partial charge in [-0.05, 0) is 38.8 Å². The molecule has 3 rings (SSSR count). The molecule has 1 aliphatic rings. The number of hydrogen-bond donors (Lipinski definition) is 1. The summed E-state index contributed by atoms with van der Waals surface area (Å²) in [6.07, 6.45) is 1.67. The molecule has 2 heterocycles. The first-order chi connectivity index (χ1) is 12.0. The molecule has 0 radical (unpaired) electrons. The molecule has 132 valence electrons. The fourth-order valence-corrected chi connectivity index (χ4v) is 3.76. The second kappa shape index (κ2) is 7.78. The number of thiazole rings is 1. The monoisotopic (exact) mass is 357 g/mol. The highest BCUT2D eigenvalue weighted by atomic mass is 32.1. The number of carbonyl (C=O) groups is 2.